The first-order valence-corrected chi connectivity index (χ1v) is 12.1. The molecule has 0 bridgehead atoms. The molecule has 2 aliphatic carbocycles. The van der Waals surface area contributed by atoms with Gasteiger partial charge in [0.05, 0.1) is 0 Å². The number of hydrogen-bond acceptors (Lipinski definition) is 4. The lowest BCUT2D eigenvalue weighted by Gasteiger charge is -2.20. The summed E-state index contributed by atoms with van der Waals surface area (Å²) in [6, 6.07) is 15.6. The van der Waals surface area contributed by atoms with Crippen molar-refractivity contribution < 1.29 is 24.2 Å². The van der Waals surface area contributed by atoms with Crippen molar-refractivity contribution in [3.8, 4) is 11.1 Å². The molecule has 7 heteroatoms. The second kappa shape index (κ2) is 10.7. The predicted molar refractivity (Wildman–Crippen MR) is 128 cm³/mol. The van der Waals surface area contributed by atoms with Crippen LogP contribution in [0.2, 0.25) is 0 Å². The van der Waals surface area contributed by atoms with Crippen LogP contribution in [0.5, 0.6) is 0 Å². The van der Waals surface area contributed by atoms with Gasteiger partial charge >= 0.3 is 12.1 Å². The van der Waals surface area contributed by atoms with Crippen LogP contribution >= 0.6 is 0 Å². The molecule has 0 heterocycles. The molecular formula is C27H32N2O5. The van der Waals surface area contributed by atoms with E-state index in [1.807, 2.05) is 31.2 Å². The fraction of sp³-hybridized carbons (Fsp3) is 0.444. The van der Waals surface area contributed by atoms with E-state index in [1.54, 1.807) is 0 Å². The van der Waals surface area contributed by atoms with Crippen molar-refractivity contribution >= 4 is 18.0 Å². The third-order valence-electron chi connectivity index (χ3n) is 7.04. The third kappa shape index (κ3) is 5.41. The summed E-state index contributed by atoms with van der Waals surface area (Å²) in [5.41, 5.74) is 4.60. The predicted octanol–water partition coefficient (Wildman–Crippen LogP) is 4.31. The lowest BCUT2D eigenvalue weighted by atomic mass is 9.98. The van der Waals surface area contributed by atoms with Gasteiger partial charge in [0.2, 0.25) is 5.91 Å². The number of aliphatic carboxylic acids is 1. The standard InChI is InChI=1S/C27H32N2O5/c1-2-24(26(32)28-15-18-12-11-17(13-18)14-25(30)31)29-27(33)34-16-23-21-9-5-3-7-19(21)20-8-4-6-10-22(20)23/h3-10,17-18,23-24H,2,11-16H2,1H3,(H,28,32)(H,29,33)(H,30,31)/t17?,18?,24-/m1/s1. The van der Waals surface area contributed by atoms with Crippen molar-refractivity contribution in [2.75, 3.05) is 13.2 Å². The number of carbonyl (C=O) groups excluding carboxylic acids is 2. The normalized spacial score (nSPS) is 19.7. The monoisotopic (exact) mass is 464 g/mol. The average molecular weight is 465 g/mol. The minimum atomic E-state index is -0.770. The molecule has 2 aromatic carbocycles. The molecular weight excluding hydrogens is 432 g/mol. The van der Waals surface area contributed by atoms with Crippen LogP contribution in [-0.4, -0.2) is 42.3 Å². The molecule has 0 aliphatic heterocycles. The minimum Gasteiger partial charge on any atom is -0.481 e. The summed E-state index contributed by atoms with van der Waals surface area (Å²) < 4.78 is 5.57. The Morgan fingerprint density at radius 2 is 1.62 bits per heavy atom. The summed E-state index contributed by atoms with van der Waals surface area (Å²) in [6.45, 7) is 2.54. The van der Waals surface area contributed by atoms with Crippen LogP contribution in [0.25, 0.3) is 11.1 Å². The van der Waals surface area contributed by atoms with E-state index in [0.717, 1.165) is 41.5 Å². The lowest BCUT2D eigenvalue weighted by molar-refractivity contribution is -0.138. The third-order valence-corrected chi connectivity index (χ3v) is 7.04. The topological polar surface area (TPSA) is 105 Å². The van der Waals surface area contributed by atoms with Gasteiger partial charge in [-0.25, -0.2) is 4.79 Å². The number of hydrogen-bond donors (Lipinski definition) is 3. The largest absolute Gasteiger partial charge is 0.481 e. The van der Waals surface area contributed by atoms with Crippen LogP contribution < -0.4 is 10.6 Å². The number of nitrogens with one attached hydrogen (secondary N) is 2. The maximum absolute atomic E-state index is 12.6. The van der Waals surface area contributed by atoms with Crippen molar-refractivity contribution in [3.63, 3.8) is 0 Å². The first-order chi connectivity index (χ1) is 16.5. The fourth-order valence-corrected chi connectivity index (χ4v) is 5.30. The zero-order valence-corrected chi connectivity index (χ0v) is 19.5. The smallest absolute Gasteiger partial charge is 0.407 e. The summed E-state index contributed by atoms with van der Waals surface area (Å²) in [7, 11) is 0. The highest BCUT2D eigenvalue weighted by Crippen LogP contribution is 2.44. The van der Waals surface area contributed by atoms with Crippen LogP contribution in [0, 0.1) is 11.8 Å². The van der Waals surface area contributed by atoms with Crippen LogP contribution in [0.3, 0.4) is 0 Å². The molecule has 1 saturated carbocycles. The van der Waals surface area contributed by atoms with E-state index in [1.165, 1.54) is 0 Å². The fourth-order valence-electron chi connectivity index (χ4n) is 5.30. The van der Waals surface area contributed by atoms with Crippen molar-refractivity contribution in [2.24, 2.45) is 11.8 Å². The van der Waals surface area contributed by atoms with Crippen molar-refractivity contribution in [1.29, 1.82) is 0 Å². The molecule has 3 N–H and O–H groups in total. The number of carboxylic acids is 1. The van der Waals surface area contributed by atoms with Gasteiger partial charge in [0.1, 0.15) is 12.6 Å². The van der Waals surface area contributed by atoms with Gasteiger partial charge in [0.15, 0.2) is 0 Å². The van der Waals surface area contributed by atoms with Gasteiger partial charge in [-0.15, -0.1) is 0 Å². The maximum atomic E-state index is 12.6. The van der Waals surface area contributed by atoms with Gasteiger partial charge in [-0.1, -0.05) is 55.5 Å². The molecule has 2 aliphatic rings. The van der Waals surface area contributed by atoms with Crippen LogP contribution in [0.15, 0.2) is 48.5 Å². The molecule has 0 aromatic heterocycles. The molecule has 7 nitrogen and oxygen atoms in total. The van der Waals surface area contributed by atoms with Gasteiger partial charge in [-0.3, -0.25) is 9.59 Å². The number of amides is 2. The molecule has 0 radical (unpaired) electrons. The van der Waals surface area contributed by atoms with E-state index in [9.17, 15) is 14.4 Å². The Labute approximate surface area is 199 Å². The molecule has 1 fully saturated rings. The van der Waals surface area contributed by atoms with Gasteiger partial charge in [-0.2, -0.15) is 0 Å². The summed E-state index contributed by atoms with van der Waals surface area (Å²) in [5, 5.41) is 14.6. The van der Waals surface area contributed by atoms with E-state index < -0.39 is 18.1 Å². The van der Waals surface area contributed by atoms with Crippen molar-refractivity contribution in [1.82, 2.24) is 10.6 Å². The van der Waals surface area contributed by atoms with E-state index in [2.05, 4.69) is 34.9 Å². The molecule has 3 atom stereocenters. The quantitative estimate of drug-likeness (QED) is 0.513. The summed E-state index contributed by atoms with van der Waals surface area (Å²) in [6.07, 6.45) is 2.62. The SMILES string of the molecule is CC[C@@H](NC(=O)OCC1c2ccccc2-c2ccccc21)C(=O)NCC1CCC(CC(=O)O)C1. The molecule has 180 valence electrons. The highest BCUT2D eigenvalue weighted by atomic mass is 16.5. The van der Waals surface area contributed by atoms with Gasteiger partial charge in [0.25, 0.3) is 0 Å². The molecule has 0 saturated heterocycles. The highest BCUT2D eigenvalue weighted by molar-refractivity contribution is 5.85. The van der Waals surface area contributed by atoms with Gasteiger partial charge < -0.3 is 20.5 Å². The Hall–Kier alpha value is -3.35. The molecule has 2 aromatic rings. The zero-order chi connectivity index (χ0) is 24.1. The lowest BCUT2D eigenvalue weighted by Crippen LogP contribution is -2.47. The summed E-state index contributed by atoms with van der Waals surface area (Å²) in [5.74, 6) is -0.584. The highest BCUT2D eigenvalue weighted by Gasteiger charge is 2.30. The Morgan fingerprint density at radius 3 is 2.24 bits per heavy atom. The number of ether oxygens (including phenoxy) is 1. The first kappa shape index (κ1) is 23.8. The number of benzene rings is 2. The molecule has 4 rings (SSSR count). The Balaban J connectivity index is 1.27. The Morgan fingerprint density at radius 1 is 1.00 bits per heavy atom. The zero-order valence-electron chi connectivity index (χ0n) is 19.5. The van der Waals surface area contributed by atoms with Crippen molar-refractivity contribution in [3.05, 3.63) is 59.7 Å². The first-order valence-electron chi connectivity index (χ1n) is 12.1. The van der Waals surface area contributed by atoms with Crippen LogP contribution in [0.4, 0.5) is 4.79 Å². The number of carbonyl (C=O) groups is 3. The molecule has 34 heavy (non-hydrogen) atoms. The Bertz CT molecular complexity index is 1010. The van der Waals surface area contributed by atoms with E-state index in [-0.39, 0.29) is 36.7 Å². The van der Waals surface area contributed by atoms with E-state index in [4.69, 9.17) is 9.84 Å². The number of rotatable bonds is 9. The molecule has 2 unspecified atom stereocenters. The molecule has 0 spiro atoms. The Kier molecular flexibility index (Phi) is 7.50. The van der Waals surface area contributed by atoms with E-state index in [0.29, 0.717) is 13.0 Å². The second-order valence-electron chi connectivity index (χ2n) is 9.32. The van der Waals surface area contributed by atoms with Gasteiger partial charge in [-0.05, 0) is 59.8 Å². The number of fused-ring (bicyclic) bond motifs is 3. The second-order valence-corrected chi connectivity index (χ2v) is 9.32. The van der Waals surface area contributed by atoms with Crippen LogP contribution in [-0.2, 0) is 14.3 Å². The van der Waals surface area contributed by atoms with Crippen molar-refractivity contribution in [2.45, 2.75) is 51.0 Å². The van der Waals surface area contributed by atoms with Gasteiger partial charge in [0, 0.05) is 18.9 Å². The minimum absolute atomic E-state index is 0.0341. The molecule has 2 amide bonds. The van der Waals surface area contributed by atoms with Crippen LogP contribution in [0.1, 0.15) is 56.1 Å². The summed E-state index contributed by atoms with van der Waals surface area (Å²) in [4.78, 5) is 36.1. The van der Waals surface area contributed by atoms with E-state index >= 15 is 0 Å². The number of carboxylic acid groups (broad SMARTS) is 1. The summed E-state index contributed by atoms with van der Waals surface area (Å²) >= 11 is 0. The average Bonchev–Trinajstić information content (AvgIpc) is 3.41. The number of alkyl carbamates (subject to hydrolysis) is 1. The maximum Gasteiger partial charge on any atom is 0.407 e.